The number of carbonyl (C=O) groups is 1. The number of halogens is 1. The molecule has 1 aromatic heterocycles. The zero-order valence-corrected chi connectivity index (χ0v) is 13.8. The zero-order valence-electron chi connectivity index (χ0n) is 12.2. The fourth-order valence-corrected chi connectivity index (χ4v) is 2.50. The van der Waals surface area contributed by atoms with Gasteiger partial charge in [-0.3, -0.25) is 0 Å². The molecule has 0 saturated carbocycles. The van der Waals surface area contributed by atoms with E-state index in [4.69, 9.17) is 4.74 Å². The molecule has 0 radical (unpaired) electrons. The van der Waals surface area contributed by atoms with Crippen LogP contribution >= 0.6 is 15.9 Å². The largest absolute Gasteiger partial charge is 0.461 e. The molecule has 21 heavy (non-hydrogen) atoms. The lowest BCUT2D eigenvalue weighted by Crippen LogP contribution is -2.11. The van der Waals surface area contributed by atoms with E-state index in [1.165, 1.54) is 0 Å². The Morgan fingerprint density at radius 3 is 2.76 bits per heavy atom. The lowest BCUT2D eigenvalue weighted by Gasteiger charge is -2.08. The summed E-state index contributed by atoms with van der Waals surface area (Å²) >= 11 is 3.52. The van der Waals surface area contributed by atoms with E-state index >= 15 is 0 Å². The average Bonchev–Trinajstić information content (AvgIpc) is 2.85. The van der Waals surface area contributed by atoms with E-state index in [1.54, 1.807) is 11.6 Å². The topological polar surface area (TPSA) is 57.0 Å². The van der Waals surface area contributed by atoms with Gasteiger partial charge in [0.25, 0.3) is 0 Å². The standard InChI is InChI=1S/C15H18BrN3O2/c1-3-7-13-14(15(20)21-4-2)17-18-19(13)10-11-8-5-6-9-12(11)16/h5-6,8-9H,3-4,7,10H2,1-2H3. The van der Waals surface area contributed by atoms with Gasteiger partial charge in [0.1, 0.15) is 0 Å². The van der Waals surface area contributed by atoms with Crippen molar-refractivity contribution in [1.29, 1.82) is 0 Å². The molecule has 0 aliphatic heterocycles. The average molecular weight is 352 g/mol. The van der Waals surface area contributed by atoms with Gasteiger partial charge in [0.05, 0.1) is 18.8 Å². The Bertz CT molecular complexity index is 625. The van der Waals surface area contributed by atoms with Gasteiger partial charge in [-0.05, 0) is 25.0 Å². The van der Waals surface area contributed by atoms with Crippen molar-refractivity contribution >= 4 is 21.9 Å². The molecule has 112 valence electrons. The second-order valence-electron chi connectivity index (χ2n) is 4.60. The number of hydrogen-bond acceptors (Lipinski definition) is 4. The monoisotopic (exact) mass is 351 g/mol. The Balaban J connectivity index is 2.31. The van der Waals surface area contributed by atoms with Crippen LogP contribution in [0.25, 0.3) is 0 Å². The highest BCUT2D eigenvalue weighted by Crippen LogP contribution is 2.19. The Labute approximate surface area is 132 Å². The lowest BCUT2D eigenvalue weighted by atomic mass is 10.2. The fourth-order valence-electron chi connectivity index (χ4n) is 2.09. The molecule has 0 amide bonds. The van der Waals surface area contributed by atoms with Crippen LogP contribution in [-0.4, -0.2) is 27.6 Å². The van der Waals surface area contributed by atoms with Gasteiger partial charge in [-0.2, -0.15) is 0 Å². The third kappa shape index (κ3) is 3.69. The molecule has 0 spiro atoms. The maximum Gasteiger partial charge on any atom is 0.360 e. The minimum absolute atomic E-state index is 0.325. The maximum atomic E-state index is 11.9. The molecule has 0 saturated heterocycles. The normalized spacial score (nSPS) is 10.6. The van der Waals surface area contributed by atoms with Gasteiger partial charge in [0, 0.05) is 4.47 Å². The summed E-state index contributed by atoms with van der Waals surface area (Å²) in [7, 11) is 0. The van der Waals surface area contributed by atoms with Crippen molar-refractivity contribution in [3.63, 3.8) is 0 Å². The summed E-state index contributed by atoms with van der Waals surface area (Å²) in [4.78, 5) is 11.9. The molecule has 0 unspecified atom stereocenters. The first kappa shape index (κ1) is 15.7. The van der Waals surface area contributed by atoms with E-state index in [0.717, 1.165) is 28.6 Å². The van der Waals surface area contributed by atoms with E-state index in [9.17, 15) is 4.79 Å². The van der Waals surface area contributed by atoms with Crippen LogP contribution in [0.5, 0.6) is 0 Å². The molecule has 5 nitrogen and oxygen atoms in total. The van der Waals surface area contributed by atoms with Crippen LogP contribution in [0.1, 0.15) is 42.0 Å². The van der Waals surface area contributed by atoms with Gasteiger partial charge in [0.15, 0.2) is 5.69 Å². The second kappa shape index (κ2) is 7.36. The number of benzene rings is 1. The highest BCUT2D eigenvalue weighted by Gasteiger charge is 2.20. The first-order valence-corrected chi connectivity index (χ1v) is 7.79. The van der Waals surface area contributed by atoms with E-state index in [2.05, 4.69) is 33.2 Å². The Morgan fingerprint density at radius 1 is 1.33 bits per heavy atom. The van der Waals surface area contributed by atoms with Crippen LogP contribution in [0, 0.1) is 0 Å². The van der Waals surface area contributed by atoms with Gasteiger partial charge < -0.3 is 4.74 Å². The summed E-state index contributed by atoms with van der Waals surface area (Å²) in [6.07, 6.45) is 1.65. The summed E-state index contributed by atoms with van der Waals surface area (Å²) in [5, 5.41) is 8.12. The zero-order chi connectivity index (χ0) is 15.2. The lowest BCUT2D eigenvalue weighted by molar-refractivity contribution is 0.0518. The maximum absolute atomic E-state index is 11.9. The Kier molecular flexibility index (Phi) is 5.50. The summed E-state index contributed by atoms with van der Waals surface area (Å²) in [6, 6.07) is 7.94. The predicted octanol–water partition coefficient (Wildman–Crippen LogP) is 3.22. The van der Waals surface area contributed by atoms with Crippen molar-refractivity contribution in [3.8, 4) is 0 Å². The molecule has 6 heteroatoms. The van der Waals surface area contributed by atoms with Crippen LogP contribution in [0.3, 0.4) is 0 Å². The van der Waals surface area contributed by atoms with Crippen LogP contribution in [-0.2, 0) is 17.7 Å². The molecule has 0 bridgehead atoms. The summed E-state index contributed by atoms with van der Waals surface area (Å²) in [5.74, 6) is -0.403. The smallest absolute Gasteiger partial charge is 0.360 e. The SMILES string of the molecule is CCCc1c(C(=O)OCC)nnn1Cc1ccccc1Br. The van der Waals surface area contributed by atoms with Gasteiger partial charge >= 0.3 is 5.97 Å². The number of nitrogens with zero attached hydrogens (tertiary/aromatic N) is 3. The van der Waals surface area contributed by atoms with E-state index in [0.29, 0.717) is 18.8 Å². The van der Waals surface area contributed by atoms with Crippen LogP contribution in [0.15, 0.2) is 28.7 Å². The van der Waals surface area contributed by atoms with Crippen LogP contribution in [0.4, 0.5) is 0 Å². The first-order valence-electron chi connectivity index (χ1n) is 7.00. The number of esters is 1. The molecule has 0 aliphatic rings. The van der Waals surface area contributed by atoms with E-state index in [-0.39, 0.29) is 0 Å². The van der Waals surface area contributed by atoms with Crippen molar-refractivity contribution in [2.45, 2.75) is 33.2 Å². The quantitative estimate of drug-likeness (QED) is 0.749. The number of carbonyl (C=O) groups excluding carboxylic acids is 1. The fraction of sp³-hybridized carbons (Fsp3) is 0.400. The molecule has 1 aromatic carbocycles. The minimum Gasteiger partial charge on any atom is -0.461 e. The van der Waals surface area contributed by atoms with E-state index in [1.807, 2.05) is 24.3 Å². The van der Waals surface area contributed by atoms with Gasteiger partial charge in [0.2, 0.25) is 0 Å². The number of rotatable bonds is 6. The number of ether oxygens (including phenoxy) is 1. The van der Waals surface area contributed by atoms with Crippen LogP contribution in [0.2, 0.25) is 0 Å². The molecule has 0 fully saturated rings. The summed E-state index contributed by atoms with van der Waals surface area (Å²) < 4.78 is 7.83. The van der Waals surface area contributed by atoms with E-state index < -0.39 is 5.97 Å². The van der Waals surface area contributed by atoms with Crippen molar-refractivity contribution in [2.24, 2.45) is 0 Å². The molecule has 0 aliphatic carbocycles. The van der Waals surface area contributed by atoms with Crippen molar-refractivity contribution in [3.05, 3.63) is 45.7 Å². The highest BCUT2D eigenvalue weighted by atomic mass is 79.9. The van der Waals surface area contributed by atoms with Gasteiger partial charge in [-0.25, -0.2) is 9.48 Å². The molecule has 2 rings (SSSR count). The molecular formula is C15H18BrN3O2. The van der Waals surface area contributed by atoms with Gasteiger partial charge in [-0.15, -0.1) is 5.10 Å². The third-order valence-electron chi connectivity index (χ3n) is 3.07. The predicted molar refractivity (Wildman–Crippen MR) is 83.2 cm³/mol. The van der Waals surface area contributed by atoms with Gasteiger partial charge in [-0.1, -0.05) is 52.7 Å². The molecule has 2 aromatic rings. The summed E-state index contributed by atoms with van der Waals surface area (Å²) in [5.41, 5.74) is 2.24. The number of aromatic nitrogens is 3. The van der Waals surface area contributed by atoms with Crippen molar-refractivity contribution in [1.82, 2.24) is 15.0 Å². The number of hydrogen-bond donors (Lipinski definition) is 0. The second-order valence-corrected chi connectivity index (χ2v) is 5.46. The Hall–Kier alpha value is -1.69. The molecule has 0 atom stereocenters. The molecule has 0 N–H and O–H groups in total. The molecule has 1 heterocycles. The molecular weight excluding hydrogens is 334 g/mol. The van der Waals surface area contributed by atoms with Crippen molar-refractivity contribution < 1.29 is 9.53 Å². The van der Waals surface area contributed by atoms with Crippen LogP contribution < -0.4 is 0 Å². The summed E-state index contributed by atoms with van der Waals surface area (Å²) in [6.45, 7) is 4.75. The highest BCUT2D eigenvalue weighted by molar-refractivity contribution is 9.10. The van der Waals surface area contributed by atoms with Crippen molar-refractivity contribution in [2.75, 3.05) is 6.61 Å². The minimum atomic E-state index is -0.403. The third-order valence-corrected chi connectivity index (χ3v) is 3.84. The Morgan fingerprint density at radius 2 is 2.10 bits per heavy atom. The first-order chi connectivity index (χ1) is 10.2.